The third-order valence-electron chi connectivity index (χ3n) is 2.92. The van der Waals surface area contributed by atoms with Gasteiger partial charge in [-0.3, -0.25) is 4.98 Å². The van der Waals surface area contributed by atoms with Gasteiger partial charge >= 0.3 is 0 Å². The number of pyridine rings is 1. The number of rotatable bonds is 4. The zero-order chi connectivity index (χ0) is 12.1. The Hall–Kier alpha value is -1.67. The molecule has 0 aliphatic carbocycles. The molecule has 0 saturated carbocycles. The van der Waals surface area contributed by atoms with Crippen molar-refractivity contribution in [2.24, 2.45) is 0 Å². The second-order valence-electron chi connectivity index (χ2n) is 4.16. The highest BCUT2D eigenvalue weighted by molar-refractivity contribution is 5.91. The molecular formula is C15H18N2. The molecule has 2 aromatic rings. The summed E-state index contributed by atoms with van der Waals surface area (Å²) < 4.78 is 0. The lowest BCUT2D eigenvalue weighted by Gasteiger charge is -2.06. The molecule has 0 spiro atoms. The van der Waals surface area contributed by atoms with Crippen LogP contribution in [-0.2, 0) is 0 Å². The SMILES string of the molecule is CNCC/C=C(/C)c1cccc2ncccc12. The summed E-state index contributed by atoms with van der Waals surface area (Å²) in [5, 5.41) is 4.38. The Kier molecular flexibility index (Phi) is 3.89. The zero-order valence-electron chi connectivity index (χ0n) is 10.4. The number of nitrogens with zero attached hydrogens (tertiary/aromatic N) is 1. The molecule has 2 heteroatoms. The quantitative estimate of drug-likeness (QED) is 0.809. The van der Waals surface area contributed by atoms with E-state index in [0.717, 1.165) is 18.5 Å². The average Bonchev–Trinajstić information content (AvgIpc) is 2.38. The number of allylic oxidation sites excluding steroid dienone is 1. The summed E-state index contributed by atoms with van der Waals surface area (Å²) in [6.07, 6.45) is 5.17. The topological polar surface area (TPSA) is 24.9 Å². The fourth-order valence-electron chi connectivity index (χ4n) is 1.99. The van der Waals surface area contributed by atoms with Crippen LogP contribution in [0.15, 0.2) is 42.6 Å². The molecule has 0 radical (unpaired) electrons. The molecule has 1 heterocycles. The smallest absolute Gasteiger partial charge is 0.0708 e. The zero-order valence-corrected chi connectivity index (χ0v) is 10.4. The standard InChI is InChI=1S/C15H18N2/c1-12(6-4-10-16-2)13-7-3-9-15-14(13)8-5-11-17-15/h3,5-9,11,16H,4,10H2,1-2H3/b12-6-. The number of fused-ring (bicyclic) bond motifs is 1. The number of nitrogens with one attached hydrogen (secondary N) is 1. The van der Waals surface area contributed by atoms with Crippen molar-refractivity contribution in [3.8, 4) is 0 Å². The van der Waals surface area contributed by atoms with Crippen LogP contribution < -0.4 is 5.32 Å². The largest absolute Gasteiger partial charge is 0.319 e. The summed E-state index contributed by atoms with van der Waals surface area (Å²) >= 11 is 0. The van der Waals surface area contributed by atoms with Crippen molar-refractivity contribution in [1.82, 2.24) is 10.3 Å². The van der Waals surface area contributed by atoms with E-state index in [4.69, 9.17) is 0 Å². The van der Waals surface area contributed by atoms with E-state index in [1.807, 2.05) is 19.3 Å². The minimum atomic E-state index is 1.01. The molecule has 0 atom stereocenters. The van der Waals surface area contributed by atoms with E-state index in [1.165, 1.54) is 16.5 Å². The molecule has 17 heavy (non-hydrogen) atoms. The summed E-state index contributed by atoms with van der Waals surface area (Å²) in [5.74, 6) is 0. The van der Waals surface area contributed by atoms with E-state index in [2.05, 4.69) is 47.6 Å². The predicted molar refractivity (Wildman–Crippen MR) is 73.9 cm³/mol. The third kappa shape index (κ3) is 2.71. The van der Waals surface area contributed by atoms with Gasteiger partial charge in [-0.05, 0) is 50.2 Å². The van der Waals surface area contributed by atoms with Crippen LogP contribution >= 0.6 is 0 Å². The number of benzene rings is 1. The highest BCUT2D eigenvalue weighted by Gasteiger charge is 2.02. The van der Waals surface area contributed by atoms with Gasteiger partial charge in [0.1, 0.15) is 0 Å². The molecule has 0 bridgehead atoms. The van der Waals surface area contributed by atoms with Crippen molar-refractivity contribution in [1.29, 1.82) is 0 Å². The summed E-state index contributed by atoms with van der Waals surface area (Å²) in [4.78, 5) is 4.38. The van der Waals surface area contributed by atoms with Gasteiger partial charge in [0.25, 0.3) is 0 Å². The van der Waals surface area contributed by atoms with E-state index in [1.54, 1.807) is 0 Å². The van der Waals surface area contributed by atoms with Crippen LogP contribution in [0.1, 0.15) is 18.9 Å². The summed E-state index contributed by atoms with van der Waals surface area (Å²) in [6, 6.07) is 10.4. The fraction of sp³-hybridized carbons (Fsp3) is 0.267. The van der Waals surface area contributed by atoms with Crippen molar-refractivity contribution in [2.45, 2.75) is 13.3 Å². The van der Waals surface area contributed by atoms with Gasteiger partial charge in [0.2, 0.25) is 0 Å². The predicted octanol–water partition coefficient (Wildman–Crippen LogP) is 3.25. The van der Waals surface area contributed by atoms with E-state index < -0.39 is 0 Å². The van der Waals surface area contributed by atoms with Gasteiger partial charge in [0.05, 0.1) is 5.52 Å². The van der Waals surface area contributed by atoms with Crippen molar-refractivity contribution in [3.05, 3.63) is 48.2 Å². The van der Waals surface area contributed by atoms with E-state index in [-0.39, 0.29) is 0 Å². The van der Waals surface area contributed by atoms with Crippen LogP contribution in [0.5, 0.6) is 0 Å². The van der Waals surface area contributed by atoms with E-state index >= 15 is 0 Å². The van der Waals surface area contributed by atoms with Crippen LogP contribution in [0.3, 0.4) is 0 Å². The molecule has 2 rings (SSSR count). The second kappa shape index (κ2) is 5.60. The van der Waals surface area contributed by atoms with Crippen molar-refractivity contribution < 1.29 is 0 Å². The minimum Gasteiger partial charge on any atom is -0.319 e. The lowest BCUT2D eigenvalue weighted by atomic mass is 10.0. The van der Waals surface area contributed by atoms with Crippen molar-refractivity contribution >= 4 is 16.5 Å². The van der Waals surface area contributed by atoms with Gasteiger partial charge in [-0.25, -0.2) is 0 Å². The minimum absolute atomic E-state index is 1.01. The number of hydrogen-bond acceptors (Lipinski definition) is 2. The second-order valence-corrected chi connectivity index (χ2v) is 4.16. The molecular weight excluding hydrogens is 208 g/mol. The van der Waals surface area contributed by atoms with Gasteiger partial charge in [-0.1, -0.05) is 24.3 Å². The lowest BCUT2D eigenvalue weighted by Crippen LogP contribution is -2.06. The van der Waals surface area contributed by atoms with Crippen LogP contribution in [0.25, 0.3) is 16.5 Å². The molecule has 1 N–H and O–H groups in total. The van der Waals surface area contributed by atoms with Gasteiger partial charge in [-0.15, -0.1) is 0 Å². The van der Waals surface area contributed by atoms with Gasteiger partial charge in [0, 0.05) is 11.6 Å². The fourth-order valence-corrected chi connectivity index (χ4v) is 1.99. The van der Waals surface area contributed by atoms with Gasteiger partial charge in [0.15, 0.2) is 0 Å². The Labute approximate surface area is 102 Å². The molecule has 0 saturated heterocycles. The van der Waals surface area contributed by atoms with Crippen LogP contribution in [0.4, 0.5) is 0 Å². The molecule has 0 aliphatic rings. The summed E-state index contributed by atoms with van der Waals surface area (Å²) in [6.45, 7) is 3.18. The Morgan fingerprint density at radius 3 is 3.00 bits per heavy atom. The third-order valence-corrected chi connectivity index (χ3v) is 2.92. The first-order valence-electron chi connectivity index (χ1n) is 5.98. The maximum Gasteiger partial charge on any atom is 0.0708 e. The molecule has 2 nitrogen and oxygen atoms in total. The first-order chi connectivity index (χ1) is 8.33. The maximum absolute atomic E-state index is 4.38. The Morgan fingerprint density at radius 2 is 2.18 bits per heavy atom. The van der Waals surface area contributed by atoms with E-state index in [9.17, 15) is 0 Å². The molecule has 1 aromatic heterocycles. The van der Waals surface area contributed by atoms with Crippen LogP contribution in [-0.4, -0.2) is 18.6 Å². The molecule has 0 amide bonds. The monoisotopic (exact) mass is 226 g/mol. The average molecular weight is 226 g/mol. The number of aromatic nitrogens is 1. The van der Waals surface area contributed by atoms with Crippen molar-refractivity contribution in [2.75, 3.05) is 13.6 Å². The summed E-state index contributed by atoms with van der Waals surface area (Å²) in [5.41, 5.74) is 3.66. The molecule has 88 valence electrons. The highest BCUT2D eigenvalue weighted by Crippen LogP contribution is 2.23. The first-order valence-corrected chi connectivity index (χ1v) is 5.98. The maximum atomic E-state index is 4.38. The molecule has 0 unspecified atom stereocenters. The van der Waals surface area contributed by atoms with Crippen LogP contribution in [0, 0.1) is 0 Å². The molecule has 1 aromatic carbocycles. The molecule has 0 aliphatic heterocycles. The first kappa shape index (κ1) is 11.8. The van der Waals surface area contributed by atoms with Crippen LogP contribution in [0.2, 0.25) is 0 Å². The van der Waals surface area contributed by atoms with Crippen molar-refractivity contribution in [3.63, 3.8) is 0 Å². The Morgan fingerprint density at radius 1 is 1.29 bits per heavy atom. The number of hydrogen-bond donors (Lipinski definition) is 1. The normalized spacial score (nSPS) is 12.0. The highest BCUT2D eigenvalue weighted by atomic mass is 14.8. The van der Waals surface area contributed by atoms with Gasteiger partial charge < -0.3 is 5.32 Å². The van der Waals surface area contributed by atoms with E-state index in [0.29, 0.717) is 0 Å². The Balaban J connectivity index is 2.38. The molecule has 0 fully saturated rings. The summed E-state index contributed by atoms with van der Waals surface area (Å²) in [7, 11) is 1.98. The van der Waals surface area contributed by atoms with Gasteiger partial charge in [-0.2, -0.15) is 0 Å². The Bertz CT molecular complexity index is 524. The lowest BCUT2D eigenvalue weighted by molar-refractivity contribution is 0.808.